The molecule has 0 aromatic heterocycles. The van der Waals surface area contributed by atoms with E-state index >= 15 is 0 Å². The first kappa shape index (κ1) is 11.2. The molecule has 1 saturated heterocycles. The summed E-state index contributed by atoms with van der Waals surface area (Å²) in [5, 5.41) is 0.199. The minimum Gasteiger partial charge on any atom is -0.293 e. The molecule has 3 heteroatoms. The first-order chi connectivity index (χ1) is 7.18. The quantitative estimate of drug-likeness (QED) is 0.768. The van der Waals surface area contributed by atoms with Crippen molar-refractivity contribution in [2.75, 3.05) is 5.75 Å². The Labute approximate surface area is 103 Å². The van der Waals surface area contributed by atoms with Crippen molar-refractivity contribution in [3.8, 4) is 0 Å². The van der Waals surface area contributed by atoms with Gasteiger partial charge in [-0.2, -0.15) is 11.8 Å². The lowest BCUT2D eigenvalue weighted by Gasteiger charge is -2.10. The molecule has 1 atom stereocenters. The standard InChI is InChI=1S/C12H13BrOS/c1-8-7-9(13)4-5-10(8)12(14)11-3-2-6-15-11/h4-5,7,11H,2-3,6H2,1H3. The van der Waals surface area contributed by atoms with E-state index in [0.717, 1.165) is 27.8 Å². The highest BCUT2D eigenvalue weighted by molar-refractivity contribution is 9.10. The van der Waals surface area contributed by atoms with Crippen molar-refractivity contribution in [1.82, 2.24) is 0 Å². The molecule has 0 N–H and O–H groups in total. The summed E-state index contributed by atoms with van der Waals surface area (Å²) in [5.74, 6) is 1.44. The fourth-order valence-electron chi connectivity index (χ4n) is 1.86. The molecule has 1 aromatic rings. The second kappa shape index (κ2) is 4.71. The Morgan fingerprint density at radius 2 is 2.33 bits per heavy atom. The summed E-state index contributed by atoms with van der Waals surface area (Å²) in [6.45, 7) is 2.00. The summed E-state index contributed by atoms with van der Waals surface area (Å²) in [4.78, 5) is 12.1. The zero-order valence-electron chi connectivity index (χ0n) is 8.63. The van der Waals surface area contributed by atoms with E-state index in [4.69, 9.17) is 0 Å². The summed E-state index contributed by atoms with van der Waals surface area (Å²) in [6, 6.07) is 5.88. The number of Topliss-reactive ketones (excluding diaryl/α,β-unsaturated/α-hetero) is 1. The summed E-state index contributed by atoms with van der Waals surface area (Å²) in [6.07, 6.45) is 2.22. The molecular formula is C12H13BrOS. The Kier molecular flexibility index (Phi) is 3.52. The summed E-state index contributed by atoms with van der Waals surface area (Å²) < 4.78 is 1.04. The van der Waals surface area contributed by atoms with Gasteiger partial charge in [-0.05, 0) is 49.3 Å². The number of aryl methyl sites for hydroxylation is 1. The van der Waals surface area contributed by atoms with Crippen LogP contribution in [0.1, 0.15) is 28.8 Å². The molecule has 80 valence electrons. The van der Waals surface area contributed by atoms with Crippen molar-refractivity contribution >= 4 is 33.5 Å². The van der Waals surface area contributed by atoms with Crippen LogP contribution in [0.2, 0.25) is 0 Å². The SMILES string of the molecule is Cc1cc(Br)ccc1C(=O)C1CCCS1. The first-order valence-electron chi connectivity index (χ1n) is 5.10. The van der Waals surface area contributed by atoms with Gasteiger partial charge in [-0.15, -0.1) is 0 Å². The van der Waals surface area contributed by atoms with E-state index < -0.39 is 0 Å². The lowest BCUT2D eigenvalue weighted by atomic mass is 10.0. The highest BCUT2D eigenvalue weighted by Gasteiger charge is 2.25. The fraction of sp³-hybridized carbons (Fsp3) is 0.417. The minimum absolute atomic E-state index is 0.199. The molecule has 0 radical (unpaired) electrons. The van der Waals surface area contributed by atoms with Gasteiger partial charge in [0.2, 0.25) is 0 Å². The third-order valence-electron chi connectivity index (χ3n) is 2.68. The third-order valence-corrected chi connectivity index (χ3v) is 4.55. The van der Waals surface area contributed by atoms with Crippen LogP contribution in [0.15, 0.2) is 22.7 Å². The van der Waals surface area contributed by atoms with Crippen LogP contribution in [0.25, 0.3) is 0 Å². The van der Waals surface area contributed by atoms with Crippen molar-refractivity contribution in [1.29, 1.82) is 0 Å². The number of carbonyl (C=O) groups excluding carboxylic acids is 1. The van der Waals surface area contributed by atoms with Gasteiger partial charge in [0, 0.05) is 10.0 Å². The van der Waals surface area contributed by atoms with E-state index in [0.29, 0.717) is 5.78 Å². The van der Waals surface area contributed by atoms with Gasteiger partial charge in [0.05, 0.1) is 5.25 Å². The molecule has 1 aromatic carbocycles. The molecule has 1 fully saturated rings. The molecule has 0 bridgehead atoms. The largest absolute Gasteiger partial charge is 0.293 e. The number of ketones is 1. The zero-order valence-corrected chi connectivity index (χ0v) is 11.0. The van der Waals surface area contributed by atoms with Crippen molar-refractivity contribution in [2.24, 2.45) is 0 Å². The van der Waals surface area contributed by atoms with Gasteiger partial charge >= 0.3 is 0 Å². The van der Waals surface area contributed by atoms with Crippen molar-refractivity contribution in [3.63, 3.8) is 0 Å². The van der Waals surface area contributed by atoms with Crippen LogP contribution in [-0.4, -0.2) is 16.8 Å². The number of hydrogen-bond donors (Lipinski definition) is 0. The predicted octanol–water partition coefficient (Wildman–Crippen LogP) is 3.84. The molecule has 0 saturated carbocycles. The highest BCUT2D eigenvalue weighted by atomic mass is 79.9. The second-order valence-electron chi connectivity index (χ2n) is 3.83. The summed E-state index contributed by atoms with van der Waals surface area (Å²) >= 11 is 5.21. The van der Waals surface area contributed by atoms with Crippen molar-refractivity contribution in [3.05, 3.63) is 33.8 Å². The summed E-state index contributed by atoms with van der Waals surface area (Å²) in [7, 11) is 0. The van der Waals surface area contributed by atoms with Gasteiger partial charge in [-0.3, -0.25) is 4.79 Å². The fourth-order valence-corrected chi connectivity index (χ4v) is 3.57. The Morgan fingerprint density at radius 3 is 2.93 bits per heavy atom. The zero-order chi connectivity index (χ0) is 10.8. The van der Waals surface area contributed by atoms with Gasteiger partial charge in [-0.1, -0.05) is 15.9 Å². The molecule has 1 heterocycles. The average molecular weight is 285 g/mol. The van der Waals surface area contributed by atoms with Crippen LogP contribution >= 0.6 is 27.7 Å². The first-order valence-corrected chi connectivity index (χ1v) is 6.94. The van der Waals surface area contributed by atoms with Gasteiger partial charge in [0.15, 0.2) is 5.78 Å². The molecule has 1 nitrogen and oxygen atoms in total. The van der Waals surface area contributed by atoms with E-state index in [1.807, 2.05) is 25.1 Å². The monoisotopic (exact) mass is 284 g/mol. The van der Waals surface area contributed by atoms with Gasteiger partial charge in [0.25, 0.3) is 0 Å². The molecule has 1 aliphatic rings. The number of benzene rings is 1. The number of thioether (sulfide) groups is 1. The molecule has 0 aliphatic carbocycles. The molecule has 2 rings (SSSR count). The maximum absolute atomic E-state index is 12.1. The van der Waals surface area contributed by atoms with E-state index in [-0.39, 0.29) is 5.25 Å². The van der Waals surface area contributed by atoms with Gasteiger partial charge < -0.3 is 0 Å². The normalized spacial score (nSPS) is 20.5. The third kappa shape index (κ3) is 2.45. The van der Waals surface area contributed by atoms with Crippen LogP contribution < -0.4 is 0 Å². The number of halogens is 1. The smallest absolute Gasteiger partial charge is 0.176 e. The highest BCUT2D eigenvalue weighted by Crippen LogP contribution is 2.30. The molecular weight excluding hydrogens is 272 g/mol. The molecule has 0 spiro atoms. The predicted molar refractivity (Wildman–Crippen MR) is 68.7 cm³/mol. The number of hydrogen-bond acceptors (Lipinski definition) is 2. The Balaban J connectivity index is 2.24. The lowest BCUT2D eigenvalue weighted by Crippen LogP contribution is -2.15. The number of rotatable bonds is 2. The van der Waals surface area contributed by atoms with Crippen molar-refractivity contribution in [2.45, 2.75) is 25.0 Å². The van der Waals surface area contributed by atoms with Gasteiger partial charge in [0.1, 0.15) is 0 Å². The summed E-state index contributed by atoms with van der Waals surface area (Å²) in [5.41, 5.74) is 1.96. The van der Waals surface area contributed by atoms with Crippen LogP contribution in [0.5, 0.6) is 0 Å². The van der Waals surface area contributed by atoms with E-state index in [2.05, 4.69) is 15.9 Å². The van der Waals surface area contributed by atoms with Crippen LogP contribution in [-0.2, 0) is 0 Å². The average Bonchev–Trinajstić information content (AvgIpc) is 2.69. The van der Waals surface area contributed by atoms with Crippen LogP contribution in [0.4, 0.5) is 0 Å². The Morgan fingerprint density at radius 1 is 1.53 bits per heavy atom. The van der Waals surface area contributed by atoms with E-state index in [1.165, 1.54) is 6.42 Å². The van der Waals surface area contributed by atoms with Crippen LogP contribution in [0.3, 0.4) is 0 Å². The maximum Gasteiger partial charge on any atom is 0.176 e. The Hall–Kier alpha value is -0.280. The maximum atomic E-state index is 12.1. The van der Waals surface area contributed by atoms with E-state index in [1.54, 1.807) is 11.8 Å². The Bertz CT molecular complexity index is 383. The van der Waals surface area contributed by atoms with Crippen molar-refractivity contribution < 1.29 is 4.79 Å². The minimum atomic E-state index is 0.199. The second-order valence-corrected chi connectivity index (χ2v) is 6.05. The van der Waals surface area contributed by atoms with Crippen LogP contribution in [0, 0.1) is 6.92 Å². The lowest BCUT2D eigenvalue weighted by molar-refractivity contribution is 0.0988. The van der Waals surface area contributed by atoms with E-state index in [9.17, 15) is 4.79 Å². The van der Waals surface area contributed by atoms with Gasteiger partial charge in [-0.25, -0.2) is 0 Å². The number of carbonyl (C=O) groups is 1. The molecule has 1 aliphatic heterocycles. The topological polar surface area (TPSA) is 17.1 Å². The molecule has 1 unspecified atom stereocenters. The molecule has 15 heavy (non-hydrogen) atoms. The molecule has 0 amide bonds.